The Morgan fingerprint density at radius 2 is 1.85 bits per heavy atom. The van der Waals surface area contributed by atoms with Crippen LogP contribution in [0.3, 0.4) is 0 Å². The van der Waals surface area contributed by atoms with Crippen LogP contribution in [0.25, 0.3) is 16.9 Å². The summed E-state index contributed by atoms with van der Waals surface area (Å²) in [4.78, 5) is 7.43. The largest absolute Gasteiger partial charge is 0.497 e. The number of nitrogens with two attached hydrogens (primary N) is 1. The van der Waals surface area contributed by atoms with E-state index in [1.807, 2.05) is 30.5 Å². The molecule has 1 fully saturated rings. The Kier molecular flexibility index (Phi) is 4.55. The number of fused-ring (bicyclic) bond motifs is 1. The summed E-state index contributed by atoms with van der Waals surface area (Å²) >= 11 is 0. The first-order valence-corrected chi connectivity index (χ1v) is 9.27. The van der Waals surface area contributed by atoms with Gasteiger partial charge in [-0.25, -0.2) is 4.98 Å². The molecule has 3 heterocycles. The number of hydrogen-bond acceptors (Lipinski definition) is 4. The third kappa shape index (κ3) is 3.27. The van der Waals surface area contributed by atoms with E-state index >= 15 is 0 Å². The zero-order valence-corrected chi connectivity index (χ0v) is 15.5. The number of pyridine rings is 1. The maximum atomic E-state index is 6.05. The molecule has 5 nitrogen and oxygen atoms in total. The van der Waals surface area contributed by atoms with Crippen LogP contribution in [0.2, 0.25) is 0 Å². The van der Waals surface area contributed by atoms with E-state index in [1.54, 1.807) is 7.11 Å². The molecule has 0 bridgehead atoms. The normalized spacial score (nSPS) is 16.2. The lowest BCUT2D eigenvalue weighted by atomic mass is 9.99. The lowest BCUT2D eigenvalue weighted by Crippen LogP contribution is -2.32. The van der Waals surface area contributed by atoms with Crippen molar-refractivity contribution < 1.29 is 4.74 Å². The molecule has 1 aromatic carbocycles. The lowest BCUT2D eigenvalue weighted by Gasteiger charge is -2.30. The molecule has 0 atom stereocenters. The molecule has 0 aliphatic carbocycles. The molecule has 0 saturated carbocycles. The lowest BCUT2D eigenvalue weighted by molar-refractivity contribution is 0.183. The molecular weight excluding hydrogens is 324 g/mol. The van der Waals surface area contributed by atoms with Gasteiger partial charge in [0.25, 0.3) is 0 Å². The monoisotopic (exact) mass is 350 g/mol. The van der Waals surface area contributed by atoms with Crippen LogP contribution < -0.4 is 10.5 Å². The number of rotatable bonds is 4. The van der Waals surface area contributed by atoms with Crippen LogP contribution in [0.1, 0.15) is 25.5 Å². The number of ether oxygens (including phenoxy) is 1. The Morgan fingerprint density at radius 3 is 2.54 bits per heavy atom. The number of imidazole rings is 1. The van der Waals surface area contributed by atoms with Crippen LogP contribution in [-0.4, -0.2) is 34.5 Å². The van der Waals surface area contributed by atoms with Gasteiger partial charge < -0.3 is 14.9 Å². The van der Waals surface area contributed by atoms with Gasteiger partial charge in [0.15, 0.2) is 0 Å². The first-order chi connectivity index (χ1) is 12.6. The van der Waals surface area contributed by atoms with E-state index in [0.717, 1.165) is 53.9 Å². The number of benzene rings is 1. The molecule has 26 heavy (non-hydrogen) atoms. The first kappa shape index (κ1) is 16.9. The minimum atomic E-state index is 0.754. The van der Waals surface area contributed by atoms with Crippen molar-refractivity contribution in [3.63, 3.8) is 0 Å². The fourth-order valence-corrected chi connectivity index (χ4v) is 3.67. The van der Waals surface area contributed by atoms with Gasteiger partial charge >= 0.3 is 0 Å². The second-order valence-electron chi connectivity index (χ2n) is 7.28. The molecule has 0 spiro atoms. The number of nitrogens with zero attached hydrogens (tertiary/aromatic N) is 3. The second kappa shape index (κ2) is 7.00. The highest BCUT2D eigenvalue weighted by atomic mass is 16.5. The summed E-state index contributed by atoms with van der Waals surface area (Å²) in [5.74, 6) is 1.68. The van der Waals surface area contributed by atoms with Gasteiger partial charge in [0, 0.05) is 24.0 Å². The molecule has 1 aliphatic rings. The number of hydrogen-bond donors (Lipinski definition) is 1. The Labute approximate surface area is 154 Å². The highest BCUT2D eigenvalue weighted by molar-refractivity contribution is 5.68. The molecule has 0 unspecified atom stereocenters. The van der Waals surface area contributed by atoms with E-state index < -0.39 is 0 Å². The molecule has 2 aromatic heterocycles. The number of piperidine rings is 1. The molecule has 3 aromatic rings. The molecular formula is C21H26N4O. The van der Waals surface area contributed by atoms with Crippen molar-refractivity contribution in [2.75, 3.05) is 25.9 Å². The van der Waals surface area contributed by atoms with Crippen molar-refractivity contribution in [3.05, 3.63) is 48.3 Å². The standard InChI is InChI=1S/C21H26N4O/c1-15-9-11-24(12-10-15)14-19-21(16-3-6-18(26-2)7-4-16)23-20-8-5-17(22)13-25(19)20/h3-8,13,15H,9-12,14,22H2,1-2H3. The molecule has 5 heteroatoms. The Bertz CT molecular complexity index is 892. The Hall–Kier alpha value is -2.53. The third-order valence-corrected chi connectivity index (χ3v) is 5.35. The van der Waals surface area contributed by atoms with Crippen LogP contribution in [0.5, 0.6) is 5.75 Å². The number of likely N-dealkylation sites (tertiary alicyclic amines) is 1. The molecule has 136 valence electrons. The predicted molar refractivity (Wildman–Crippen MR) is 105 cm³/mol. The van der Waals surface area contributed by atoms with Gasteiger partial charge in [-0.05, 0) is 68.2 Å². The van der Waals surface area contributed by atoms with E-state index in [4.69, 9.17) is 15.5 Å². The average Bonchev–Trinajstić information content (AvgIpc) is 3.01. The van der Waals surface area contributed by atoms with Crippen LogP contribution >= 0.6 is 0 Å². The van der Waals surface area contributed by atoms with Gasteiger partial charge in [-0.2, -0.15) is 0 Å². The summed E-state index contributed by atoms with van der Waals surface area (Å²) in [5.41, 5.74) is 11.1. The second-order valence-corrected chi connectivity index (χ2v) is 7.28. The van der Waals surface area contributed by atoms with E-state index in [1.165, 1.54) is 18.5 Å². The van der Waals surface area contributed by atoms with Gasteiger partial charge in [-0.15, -0.1) is 0 Å². The molecule has 0 radical (unpaired) electrons. The minimum Gasteiger partial charge on any atom is -0.497 e. The zero-order valence-electron chi connectivity index (χ0n) is 15.5. The van der Waals surface area contributed by atoms with Crippen molar-refractivity contribution in [1.82, 2.24) is 14.3 Å². The molecule has 2 N–H and O–H groups in total. The van der Waals surface area contributed by atoms with Crippen LogP contribution in [0, 0.1) is 5.92 Å². The summed E-state index contributed by atoms with van der Waals surface area (Å²) in [6.07, 6.45) is 4.50. The highest BCUT2D eigenvalue weighted by Crippen LogP contribution is 2.29. The summed E-state index contributed by atoms with van der Waals surface area (Å²) < 4.78 is 7.44. The smallest absolute Gasteiger partial charge is 0.137 e. The van der Waals surface area contributed by atoms with E-state index in [0.29, 0.717) is 0 Å². The highest BCUT2D eigenvalue weighted by Gasteiger charge is 2.21. The summed E-state index contributed by atoms with van der Waals surface area (Å²) in [5, 5.41) is 0. The molecule has 4 rings (SSSR count). The summed E-state index contributed by atoms with van der Waals surface area (Å²) in [6, 6.07) is 12.0. The van der Waals surface area contributed by atoms with Gasteiger partial charge in [0.2, 0.25) is 0 Å². The summed E-state index contributed by atoms with van der Waals surface area (Å²) in [7, 11) is 1.69. The Morgan fingerprint density at radius 1 is 1.12 bits per heavy atom. The van der Waals surface area contributed by atoms with Crippen molar-refractivity contribution in [2.45, 2.75) is 26.3 Å². The zero-order chi connectivity index (χ0) is 18.1. The van der Waals surface area contributed by atoms with Crippen molar-refractivity contribution >= 4 is 11.3 Å². The summed E-state index contributed by atoms with van der Waals surface area (Å²) in [6.45, 7) is 5.51. The van der Waals surface area contributed by atoms with Crippen LogP contribution in [0.15, 0.2) is 42.6 Å². The van der Waals surface area contributed by atoms with Gasteiger partial charge in [0.1, 0.15) is 11.4 Å². The van der Waals surface area contributed by atoms with Crippen molar-refractivity contribution in [2.24, 2.45) is 5.92 Å². The number of anilines is 1. The maximum Gasteiger partial charge on any atom is 0.137 e. The van der Waals surface area contributed by atoms with E-state index in [-0.39, 0.29) is 0 Å². The number of nitrogen functional groups attached to an aromatic ring is 1. The van der Waals surface area contributed by atoms with Crippen molar-refractivity contribution in [3.8, 4) is 17.0 Å². The fraction of sp³-hybridized carbons (Fsp3) is 0.381. The first-order valence-electron chi connectivity index (χ1n) is 9.27. The number of aromatic nitrogens is 2. The van der Waals surface area contributed by atoms with Gasteiger partial charge in [-0.3, -0.25) is 4.90 Å². The topological polar surface area (TPSA) is 55.8 Å². The molecule has 1 saturated heterocycles. The quantitative estimate of drug-likeness (QED) is 0.777. The van der Waals surface area contributed by atoms with E-state index in [9.17, 15) is 0 Å². The van der Waals surface area contributed by atoms with Crippen molar-refractivity contribution in [1.29, 1.82) is 0 Å². The average molecular weight is 350 g/mol. The van der Waals surface area contributed by atoms with Crippen LogP contribution in [-0.2, 0) is 6.54 Å². The van der Waals surface area contributed by atoms with Gasteiger partial charge in [-0.1, -0.05) is 6.92 Å². The minimum absolute atomic E-state index is 0.754. The fourth-order valence-electron chi connectivity index (χ4n) is 3.67. The SMILES string of the molecule is COc1ccc(-c2nc3ccc(N)cn3c2CN2CCC(C)CC2)cc1. The van der Waals surface area contributed by atoms with Crippen LogP contribution in [0.4, 0.5) is 5.69 Å². The third-order valence-electron chi connectivity index (χ3n) is 5.35. The predicted octanol–water partition coefficient (Wildman–Crippen LogP) is 3.82. The number of methoxy groups -OCH3 is 1. The Balaban J connectivity index is 1.75. The molecule has 1 aliphatic heterocycles. The van der Waals surface area contributed by atoms with E-state index in [2.05, 4.69) is 28.4 Å². The maximum absolute atomic E-state index is 6.05. The van der Waals surface area contributed by atoms with Gasteiger partial charge in [0.05, 0.1) is 18.5 Å². The molecule has 0 amide bonds.